The molecule has 0 bridgehead atoms. The predicted molar refractivity (Wildman–Crippen MR) is 48.3 cm³/mol. The Balaban J connectivity index is 2.41. The summed E-state index contributed by atoms with van der Waals surface area (Å²) in [5, 5.41) is 3.09. The number of para-hydroxylation sites is 2. The van der Waals surface area contributed by atoms with Gasteiger partial charge in [0.1, 0.15) is 0 Å². The summed E-state index contributed by atoms with van der Waals surface area (Å²) in [7, 11) is 1.90. The average molecular weight is 162 g/mol. The van der Waals surface area contributed by atoms with Gasteiger partial charge >= 0.3 is 0 Å². The van der Waals surface area contributed by atoms with Crippen LogP contribution in [0.15, 0.2) is 24.3 Å². The Hall–Kier alpha value is -1.51. The van der Waals surface area contributed by atoms with Crippen LogP contribution >= 0.6 is 0 Å². The number of nitrogens with one attached hydrogen (secondary N) is 1. The number of hydrogen-bond acceptors (Lipinski definition) is 3. The first kappa shape index (κ1) is 7.16. The number of hydrogen-bond donors (Lipinski definition) is 1. The van der Waals surface area contributed by atoms with Gasteiger partial charge in [0.2, 0.25) is 0 Å². The van der Waals surface area contributed by atoms with Gasteiger partial charge in [0.05, 0.1) is 11.4 Å². The van der Waals surface area contributed by atoms with Gasteiger partial charge in [-0.2, -0.15) is 0 Å². The summed E-state index contributed by atoms with van der Waals surface area (Å²) in [6.07, 6.45) is 0.697. The fraction of sp³-hybridized carbons (Fsp3) is 0.222. The van der Waals surface area contributed by atoms with E-state index in [-0.39, 0.29) is 6.17 Å². The van der Waals surface area contributed by atoms with Crippen molar-refractivity contribution in [3.63, 3.8) is 0 Å². The highest BCUT2D eigenvalue weighted by Crippen LogP contribution is 2.31. The minimum Gasteiger partial charge on any atom is -0.358 e. The van der Waals surface area contributed by atoms with Gasteiger partial charge in [-0.15, -0.1) is 0 Å². The summed E-state index contributed by atoms with van der Waals surface area (Å²) >= 11 is 0. The van der Waals surface area contributed by atoms with Crippen LogP contribution in [0.25, 0.3) is 0 Å². The van der Waals surface area contributed by atoms with E-state index in [9.17, 15) is 4.79 Å². The third kappa shape index (κ3) is 0.863. The molecule has 3 heteroatoms. The van der Waals surface area contributed by atoms with Crippen LogP contribution in [0.2, 0.25) is 0 Å². The maximum Gasteiger partial charge on any atom is 0.162 e. The SMILES string of the molecule is CN1c2ccccc2NC1C=O. The van der Waals surface area contributed by atoms with Gasteiger partial charge in [0.15, 0.2) is 12.5 Å². The molecule has 1 heterocycles. The Morgan fingerprint density at radius 1 is 1.50 bits per heavy atom. The molecule has 1 N–H and O–H groups in total. The van der Waals surface area contributed by atoms with Crippen LogP contribution < -0.4 is 10.2 Å². The molecule has 0 amide bonds. The number of benzene rings is 1. The zero-order valence-electron chi connectivity index (χ0n) is 6.82. The van der Waals surface area contributed by atoms with E-state index in [0.29, 0.717) is 0 Å². The molecule has 0 saturated heterocycles. The highest BCUT2D eigenvalue weighted by atomic mass is 16.1. The monoisotopic (exact) mass is 162 g/mol. The van der Waals surface area contributed by atoms with Gasteiger partial charge in [0.25, 0.3) is 0 Å². The van der Waals surface area contributed by atoms with Crippen LogP contribution in [-0.4, -0.2) is 19.5 Å². The second-order valence-electron chi connectivity index (χ2n) is 2.85. The molecule has 0 spiro atoms. The molecule has 0 aromatic heterocycles. The summed E-state index contributed by atoms with van der Waals surface area (Å²) in [5.41, 5.74) is 2.10. The van der Waals surface area contributed by atoms with E-state index < -0.39 is 0 Å². The number of nitrogens with zero attached hydrogens (tertiary/aromatic N) is 1. The summed E-state index contributed by atoms with van der Waals surface area (Å²) < 4.78 is 0. The van der Waals surface area contributed by atoms with Gasteiger partial charge in [0, 0.05) is 7.05 Å². The first-order valence-corrected chi connectivity index (χ1v) is 3.86. The van der Waals surface area contributed by atoms with Gasteiger partial charge < -0.3 is 10.2 Å². The van der Waals surface area contributed by atoms with E-state index in [4.69, 9.17) is 0 Å². The normalized spacial score (nSPS) is 20.1. The van der Waals surface area contributed by atoms with Crippen LogP contribution in [0.1, 0.15) is 0 Å². The Kier molecular flexibility index (Phi) is 1.50. The van der Waals surface area contributed by atoms with E-state index in [1.165, 1.54) is 0 Å². The quantitative estimate of drug-likeness (QED) is 0.627. The molecule has 62 valence electrons. The molecule has 3 nitrogen and oxygen atoms in total. The van der Waals surface area contributed by atoms with Crippen LogP contribution in [0.5, 0.6) is 0 Å². The lowest BCUT2D eigenvalue weighted by atomic mass is 10.3. The van der Waals surface area contributed by atoms with Gasteiger partial charge in [-0.05, 0) is 12.1 Å². The second kappa shape index (κ2) is 2.52. The Labute approximate surface area is 71.0 Å². The van der Waals surface area contributed by atoms with Crippen LogP contribution in [0, 0.1) is 0 Å². The van der Waals surface area contributed by atoms with Crippen molar-refractivity contribution in [3.05, 3.63) is 24.3 Å². The molecule has 1 aliphatic heterocycles. The fourth-order valence-electron chi connectivity index (χ4n) is 1.43. The van der Waals surface area contributed by atoms with Crippen LogP contribution in [-0.2, 0) is 4.79 Å². The predicted octanol–water partition coefficient (Wildman–Crippen LogP) is 1.07. The van der Waals surface area contributed by atoms with Crippen LogP contribution in [0.3, 0.4) is 0 Å². The lowest BCUT2D eigenvalue weighted by Gasteiger charge is -2.15. The number of fused-ring (bicyclic) bond motifs is 1. The number of likely N-dealkylation sites (N-methyl/N-ethyl adjacent to an activating group) is 1. The molecule has 0 radical (unpaired) electrons. The number of rotatable bonds is 1. The summed E-state index contributed by atoms with van der Waals surface area (Å²) in [6.45, 7) is 0. The molecule has 0 saturated carbocycles. The van der Waals surface area contributed by atoms with E-state index in [1.54, 1.807) is 0 Å². The van der Waals surface area contributed by atoms with Crippen molar-refractivity contribution in [2.75, 3.05) is 17.3 Å². The van der Waals surface area contributed by atoms with Gasteiger partial charge in [-0.1, -0.05) is 12.1 Å². The molecule has 1 aromatic rings. The minimum absolute atomic E-state index is 0.206. The first-order chi connectivity index (χ1) is 5.83. The topological polar surface area (TPSA) is 32.3 Å². The highest BCUT2D eigenvalue weighted by molar-refractivity contribution is 5.83. The highest BCUT2D eigenvalue weighted by Gasteiger charge is 2.23. The van der Waals surface area contributed by atoms with Crippen molar-refractivity contribution in [1.82, 2.24) is 0 Å². The third-order valence-electron chi connectivity index (χ3n) is 2.13. The molecule has 1 aromatic carbocycles. The lowest BCUT2D eigenvalue weighted by Crippen LogP contribution is -2.33. The molecule has 1 aliphatic rings. The molecule has 1 unspecified atom stereocenters. The second-order valence-corrected chi connectivity index (χ2v) is 2.85. The number of aldehydes is 1. The fourth-order valence-corrected chi connectivity index (χ4v) is 1.43. The minimum atomic E-state index is -0.206. The number of carbonyl (C=O) groups is 1. The number of anilines is 2. The lowest BCUT2D eigenvalue weighted by molar-refractivity contribution is -0.108. The maximum absolute atomic E-state index is 10.6. The summed E-state index contributed by atoms with van der Waals surface area (Å²) in [5.74, 6) is 0. The third-order valence-corrected chi connectivity index (χ3v) is 2.13. The molecule has 0 aliphatic carbocycles. The van der Waals surface area contributed by atoms with Crippen molar-refractivity contribution < 1.29 is 4.79 Å². The summed E-state index contributed by atoms with van der Waals surface area (Å²) in [6, 6.07) is 7.87. The molecular weight excluding hydrogens is 152 g/mol. The van der Waals surface area contributed by atoms with Crippen LogP contribution in [0.4, 0.5) is 11.4 Å². The average Bonchev–Trinajstić information content (AvgIpc) is 2.44. The molecule has 0 fully saturated rings. The van der Waals surface area contributed by atoms with E-state index in [1.807, 2.05) is 36.2 Å². The molecular formula is C9H10N2O. The Morgan fingerprint density at radius 3 is 2.92 bits per heavy atom. The van der Waals surface area contributed by atoms with Crippen molar-refractivity contribution >= 4 is 17.7 Å². The zero-order chi connectivity index (χ0) is 8.55. The Bertz CT molecular complexity index is 311. The standard InChI is InChI=1S/C9H10N2O/c1-11-8-5-3-2-4-7(8)10-9(11)6-12/h2-6,9-10H,1H3. The van der Waals surface area contributed by atoms with E-state index >= 15 is 0 Å². The van der Waals surface area contributed by atoms with Crippen molar-refractivity contribution in [2.24, 2.45) is 0 Å². The van der Waals surface area contributed by atoms with Crippen molar-refractivity contribution in [1.29, 1.82) is 0 Å². The van der Waals surface area contributed by atoms with E-state index in [2.05, 4.69) is 5.32 Å². The maximum atomic E-state index is 10.6. The van der Waals surface area contributed by atoms with Gasteiger partial charge in [-0.3, -0.25) is 4.79 Å². The molecule has 1 atom stereocenters. The smallest absolute Gasteiger partial charge is 0.162 e. The Morgan fingerprint density at radius 2 is 2.25 bits per heavy atom. The zero-order valence-corrected chi connectivity index (χ0v) is 6.82. The number of carbonyl (C=O) groups excluding carboxylic acids is 1. The van der Waals surface area contributed by atoms with E-state index in [0.717, 1.165) is 17.7 Å². The largest absolute Gasteiger partial charge is 0.358 e. The van der Waals surface area contributed by atoms with Gasteiger partial charge in [-0.25, -0.2) is 0 Å². The van der Waals surface area contributed by atoms with Crippen molar-refractivity contribution in [2.45, 2.75) is 6.17 Å². The molecule has 2 rings (SSSR count). The van der Waals surface area contributed by atoms with Crippen molar-refractivity contribution in [3.8, 4) is 0 Å². The summed E-state index contributed by atoms with van der Waals surface area (Å²) in [4.78, 5) is 12.5. The molecule has 12 heavy (non-hydrogen) atoms. The first-order valence-electron chi connectivity index (χ1n) is 3.86.